The third-order valence-electron chi connectivity index (χ3n) is 9.30. The number of carbonyl (C=O) groups excluding carboxylic acids is 1. The van der Waals surface area contributed by atoms with Gasteiger partial charge in [-0.2, -0.15) is 0 Å². The van der Waals surface area contributed by atoms with Crippen LogP contribution in [0.2, 0.25) is 0 Å². The lowest BCUT2D eigenvalue weighted by molar-refractivity contribution is -0.139. The molecule has 0 radical (unpaired) electrons. The number of unbranched alkanes of at least 4 members (excludes halogenated alkanes) is 13. The zero-order valence-corrected chi connectivity index (χ0v) is 28.1. The van der Waals surface area contributed by atoms with Gasteiger partial charge in [-0.3, -0.25) is 0 Å². The van der Waals surface area contributed by atoms with Crippen LogP contribution in [0.25, 0.3) is 0 Å². The van der Waals surface area contributed by atoms with Crippen LogP contribution in [0.4, 0.5) is 0 Å². The largest absolute Gasteiger partial charge is 0.455 e. The SMILES string of the molecule is CCCCCCCCCCC/C=C/[C@@H](O)CC[C@@H](O)[C@H]1CC[C@H]([C@H](O)CC[C@H](O)CCCCCCCC2=C[C@H](C)OC2=O)O1. The molecule has 44 heavy (non-hydrogen) atoms. The molecule has 0 aromatic rings. The van der Waals surface area contributed by atoms with Gasteiger partial charge in [0.05, 0.1) is 36.6 Å². The molecule has 256 valence electrons. The molecule has 2 aliphatic rings. The fraction of sp³-hybridized carbons (Fsp3) is 0.865. The minimum absolute atomic E-state index is 0.0951. The number of aliphatic hydroxyl groups is 4. The van der Waals surface area contributed by atoms with Crippen LogP contribution in [0.5, 0.6) is 0 Å². The Morgan fingerprint density at radius 2 is 1.32 bits per heavy atom. The normalized spacial score (nSPS) is 23.2. The summed E-state index contributed by atoms with van der Waals surface area (Å²) in [5.74, 6) is -0.171. The fourth-order valence-corrected chi connectivity index (χ4v) is 6.44. The van der Waals surface area contributed by atoms with Gasteiger partial charge in [-0.25, -0.2) is 4.79 Å². The van der Waals surface area contributed by atoms with Crippen LogP contribution >= 0.6 is 0 Å². The summed E-state index contributed by atoms with van der Waals surface area (Å²) in [6.07, 6.45) is 25.7. The van der Waals surface area contributed by atoms with E-state index in [2.05, 4.69) is 13.0 Å². The molecule has 1 fully saturated rings. The smallest absolute Gasteiger partial charge is 0.334 e. The maximum Gasteiger partial charge on any atom is 0.334 e. The molecule has 2 aliphatic heterocycles. The van der Waals surface area contributed by atoms with E-state index in [1.807, 2.05) is 19.1 Å². The van der Waals surface area contributed by atoms with Gasteiger partial charge in [-0.15, -0.1) is 0 Å². The number of hydrogen-bond acceptors (Lipinski definition) is 7. The molecule has 1 saturated heterocycles. The molecule has 4 N–H and O–H groups in total. The van der Waals surface area contributed by atoms with Gasteiger partial charge < -0.3 is 29.9 Å². The average molecular weight is 623 g/mol. The van der Waals surface area contributed by atoms with Crippen LogP contribution in [-0.2, 0) is 14.3 Å². The Balaban J connectivity index is 1.44. The summed E-state index contributed by atoms with van der Waals surface area (Å²) in [5.41, 5.74) is 0.805. The average Bonchev–Trinajstić information content (AvgIpc) is 3.63. The molecule has 0 spiro atoms. The molecule has 0 aromatic heterocycles. The maximum absolute atomic E-state index is 11.6. The van der Waals surface area contributed by atoms with Crippen molar-refractivity contribution in [3.63, 3.8) is 0 Å². The number of carbonyl (C=O) groups is 1. The van der Waals surface area contributed by atoms with Gasteiger partial charge >= 0.3 is 5.97 Å². The van der Waals surface area contributed by atoms with Crippen molar-refractivity contribution in [2.75, 3.05) is 0 Å². The first-order valence-corrected chi connectivity index (χ1v) is 18.3. The molecule has 2 rings (SSSR count). The van der Waals surface area contributed by atoms with E-state index in [4.69, 9.17) is 9.47 Å². The highest BCUT2D eigenvalue weighted by Crippen LogP contribution is 2.28. The van der Waals surface area contributed by atoms with Crippen LogP contribution in [0.15, 0.2) is 23.8 Å². The van der Waals surface area contributed by atoms with Gasteiger partial charge in [0.1, 0.15) is 6.10 Å². The van der Waals surface area contributed by atoms with Crippen molar-refractivity contribution in [2.24, 2.45) is 0 Å². The first-order valence-electron chi connectivity index (χ1n) is 18.3. The lowest BCUT2D eigenvalue weighted by atomic mass is 9.99. The first-order chi connectivity index (χ1) is 21.3. The van der Waals surface area contributed by atoms with E-state index in [1.165, 1.54) is 51.4 Å². The van der Waals surface area contributed by atoms with Crippen molar-refractivity contribution in [1.82, 2.24) is 0 Å². The molecular weight excluding hydrogens is 556 g/mol. The number of cyclic esters (lactones) is 1. The summed E-state index contributed by atoms with van der Waals surface area (Å²) >= 11 is 0. The van der Waals surface area contributed by atoms with E-state index in [-0.39, 0.29) is 24.3 Å². The summed E-state index contributed by atoms with van der Waals surface area (Å²) in [6, 6.07) is 0. The maximum atomic E-state index is 11.6. The minimum Gasteiger partial charge on any atom is -0.455 e. The molecule has 7 atom stereocenters. The zero-order valence-electron chi connectivity index (χ0n) is 28.1. The van der Waals surface area contributed by atoms with Gasteiger partial charge in [0.15, 0.2) is 0 Å². The van der Waals surface area contributed by atoms with Gasteiger partial charge in [-0.05, 0) is 83.6 Å². The molecule has 7 nitrogen and oxygen atoms in total. The Labute approximate surface area is 268 Å². The molecule has 0 aliphatic carbocycles. The van der Waals surface area contributed by atoms with Gasteiger partial charge in [0.25, 0.3) is 0 Å². The Hall–Kier alpha value is -1.25. The second kappa shape index (κ2) is 24.0. The number of allylic oxidation sites excluding steroid dienone is 1. The number of hydrogen-bond donors (Lipinski definition) is 4. The van der Waals surface area contributed by atoms with Crippen molar-refractivity contribution in [3.05, 3.63) is 23.8 Å². The second-order valence-electron chi connectivity index (χ2n) is 13.5. The summed E-state index contributed by atoms with van der Waals surface area (Å²) in [4.78, 5) is 11.6. The zero-order chi connectivity index (χ0) is 32.0. The molecular formula is C37H66O7. The molecule has 0 bridgehead atoms. The number of aliphatic hydroxyl groups excluding tert-OH is 4. The highest BCUT2D eigenvalue weighted by atomic mass is 16.5. The Morgan fingerprint density at radius 1 is 0.750 bits per heavy atom. The minimum atomic E-state index is -0.648. The molecule has 0 unspecified atom stereocenters. The van der Waals surface area contributed by atoms with Crippen molar-refractivity contribution >= 4 is 5.97 Å². The van der Waals surface area contributed by atoms with Crippen molar-refractivity contribution in [2.45, 2.75) is 204 Å². The van der Waals surface area contributed by atoms with Crippen LogP contribution in [0.1, 0.15) is 162 Å². The van der Waals surface area contributed by atoms with E-state index >= 15 is 0 Å². The molecule has 0 saturated carbocycles. The number of rotatable bonds is 27. The first kappa shape index (κ1) is 38.9. The molecule has 7 heteroatoms. The van der Waals surface area contributed by atoms with Gasteiger partial charge in [0, 0.05) is 5.57 Å². The fourth-order valence-electron chi connectivity index (χ4n) is 6.44. The highest BCUT2D eigenvalue weighted by molar-refractivity contribution is 5.90. The van der Waals surface area contributed by atoms with Crippen molar-refractivity contribution in [3.8, 4) is 0 Å². The van der Waals surface area contributed by atoms with E-state index in [1.54, 1.807) is 0 Å². The Kier molecular flexibility index (Phi) is 21.2. The highest BCUT2D eigenvalue weighted by Gasteiger charge is 2.34. The van der Waals surface area contributed by atoms with Crippen LogP contribution in [-0.4, -0.2) is 69.1 Å². The monoisotopic (exact) mass is 622 g/mol. The van der Waals surface area contributed by atoms with Crippen LogP contribution in [0, 0.1) is 0 Å². The predicted molar refractivity (Wildman–Crippen MR) is 177 cm³/mol. The summed E-state index contributed by atoms with van der Waals surface area (Å²) in [6.45, 7) is 4.13. The molecule has 2 heterocycles. The van der Waals surface area contributed by atoms with E-state index in [9.17, 15) is 25.2 Å². The Morgan fingerprint density at radius 3 is 1.93 bits per heavy atom. The van der Waals surface area contributed by atoms with Crippen LogP contribution in [0.3, 0.4) is 0 Å². The lowest BCUT2D eigenvalue weighted by Crippen LogP contribution is -2.32. The van der Waals surface area contributed by atoms with E-state index in [0.29, 0.717) is 38.5 Å². The molecule has 0 amide bonds. The molecule has 0 aromatic carbocycles. The van der Waals surface area contributed by atoms with Gasteiger partial charge in [-0.1, -0.05) is 96.1 Å². The van der Waals surface area contributed by atoms with Crippen LogP contribution < -0.4 is 0 Å². The third kappa shape index (κ3) is 17.4. The third-order valence-corrected chi connectivity index (χ3v) is 9.30. The topological polar surface area (TPSA) is 116 Å². The second-order valence-corrected chi connectivity index (χ2v) is 13.5. The lowest BCUT2D eigenvalue weighted by Gasteiger charge is -2.23. The van der Waals surface area contributed by atoms with Gasteiger partial charge in [0.2, 0.25) is 0 Å². The summed E-state index contributed by atoms with van der Waals surface area (Å²) in [5, 5.41) is 41.9. The summed E-state index contributed by atoms with van der Waals surface area (Å²) in [7, 11) is 0. The standard InChI is InChI=1S/C37H66O7/c1-3-4-5-6-7-8-9-10-11-14-17-20-31(38)22-24-33(40)35-26-27-36(44-35)34(41)25-23-32(39)21-18-15-12-13-16-19-30-28-29(2)43-37(30)42/h17,20,28-29,31-36,38-41H,3-16,18-19,21-27H2,1-2H3/b20-17+/t29-,31+,32+,33+,34+,35+,36+/m0/s1. The van der Waals surface area contributed by atoms with Crippen molar-refractivity contribution < 1.29 is 34.7 Å². The quantitative estimate of drug-likeness (QED) is 0.0423. The number of esters is 1. The van der Waals surface area contributed by atoms with Crippen molar-refractivity contribution in [1.29, 1.82) is 0 Å². The number of ether oxygens (including phenoxy) is 2. The summed E-state index contributed by atoms with van der Waals surface area (Å²) < 4.78 is 11.1. The predicted octanol–water partition coefficient (Wildman–Crippen LogP) is 7.62. The Bertz CT molecular complexity index is 797. The van der Waals surface area contributed by atoms with E-state index < -0.39 is 24.4 Å². The van der Waals surface area contributed by atoms with E-state index in [0.717, 1.165) is 63.4 Å².